The molecule has 3 amide bonds. The van der Waals surface area contributed by atoms with Gasteiger partial charge in [0.15, 0.2) is 0 Å². The summed E-state index contributed by atoms with van der Waals surface area (Å²) in [6.45, 7) is 10.7. The number of rotatable bonds is 12. The first-order valence-electron chi connectivity index (χ1n) is 12.1. The molecule has 35 heavy (non-hydrogen) atoms. The van der Waals surface area contributed by atoms with E-state index in [0.29, 0.717) is 18.5 Å². The lowest BCUT2D eigenvalue weighted by molar-refractivity contribution is -0.144. The van der Waals surface area contributed by atoms with Crippen LogP contribution in [0.2, 0.25) is 0 Å². The van der Waals surface area contributed by atoms with Crippen LogP contribution in [0.3, 0.4) is 0 Å². The third kappa shape index (κ3) is 10.4. The van der Waals surface area contributed by atoms with E-state index in [0.717, 1.165) is 24.8 Å². The van der Waals surface area contributed by atoms with Gasteiger partial charge in [0.05, 0.1) is 7.11 Å². The minimum absolute atomic E-state index is 0.309. The van der Waals surface area contributed by atoms with Gasteiger partial charge in [-0.3, -0.25) is 14.4 Å². The predicted octanol–water partition coefficient (Wildman–Crippen LogP) is 3.65. The van der Waals surface area contributed by atoms with Crippen molar-refractivity contribution in [1.29, 1.82) is 0 Å². The average Bonchev–Trinajstić information content (AvgIpc) is 2.78. The lowest BCUT2D eigenvalue weighted by atomic mass is 9.97. The summed E-state index contributed by atoms with van der Waals surface area (Å²) in [6.07, 6.45) is 2.87. The zero-order valence-corrected chi connectivity index (χ0v) is 22.1. The number of unbranched alkanes of at least 4 members (excludes halogenated alkanes) is 3. The van der Waals surface area contributed by atoms with Crippen molar-refractivity contribution in [3.05, 3.63) is 35.4 Å². The van der Waals surface area contributed by atoms with Gasteiger partial charge < -0.3 is 25.0 Å². The van der Waals surface area contributed by atoms with E-state index >= 15 is 0 Å². The molecule has 0 aromatic heterocycles. The fourth-order valence-electron chi connectivity index (χ4n) is 3.54. The third-order valence-electron chi connectivity index (χ3n) is 5.32. The van der Waals surface area contributed by atoms with Gasteiger partial charge in [-0.2, -0.15) is 0 Å². The van der Waals surface area contributed by atoms with Gasteiger partial charge >= 0.3 is 12.1 Å². The van der Waals surface area contributed by atoms with E-state index in [-0.39, 0.29) is 6.54 Å². The molecule has 1 rings (SSSR count). The number of hydrogen-bond acceptors (Lipinski definition) is 6. The van der Waals surface area contributed by atoms with Crippen LogP contribution >= 0.6 is 0 Å². The van der Waals surface area contributed by atoms with Crippen molar-refractivity contribution in [2.24, 2.45) is 0 Å². The largest absolute Gasteiger partial charge is 0.468 e. The lowest BCUT2D eigenvalue weighted by Crippen LogP contribution is -2.52. The molecule has 0 radical (unpaired) electrons. The normalized spacial score (nSPS) is 12.8. The summed E-state index contributed by atoms with van der Waals surface area (Å²) in [5.41, 5.74) is 0.748. The molecule has 0 heterocycles. The van der Waals surface area contributed by atoms with Crippen LogP contribution in [-0.2, 0) is 23.9 Å². The molecule has 9 nitrogen and oxygen atoms in total. The number of carbonyl (C=O) groups is 4. The Morgan fingerprint density at radius 1 is 1.06 bits per heavy atom. The molecule has 0 aliphatic carbocycles. The van der Waals surface area contributed by atoms with Crippen LogP contribution in [0.1, 0.15) is 77.5 Å². The summed E-state index contributed by atoms with van der Waals surface area (Å²) >= 11 is 0. The molecular formula is C26H41N3O6. The van der Waals surface area contributed by atoms with Crippen molar-refractivity contribution < 1.29 is 28.7 Å². The Morgan fingerprint density at radius 2 is 1.71 bits per heavy atom. The Balaban J connectivity index is 3.31. The lowest BCUT2D eigenvalue weighted by Gasteiger charge is -2.34. The molecule has 0 aliphatic heterocycles. The van der Waals surface area contributed by atoms with Gasteiger partial charge in [-0.05, 0) is 52.2 Å². The second-order valence-electron chi connectivity index (χ2n) is 9.51. The maximum atomic E-state index is 13.6. The maximum Gasteiger partial charge on any atom is 0.408 e. The van der Waals surface area contributed by atoms with Crippen LogP contribution in [0, 0.1) is 6.92 Å². The molecule has 9 heteroatoms. The van der Waals surface area contributed by atoms with E-state index in [1.54, 1.807) is 39.8 Å². The number of amides is 3. The van der Waals surface area contributed by atoms with E-state index in [9.17, 15) is 19.2 Å². The first-order chi connectivity index (χ1) is 16.4. The minimum atomic E-state index is -0.988. The third-order valence-corrected chi connectivity index (χ3v) is 5.32. The Labute approximate surface area is 208 Å². The van der Waals surface area contributed by atoms with Gasteiger partial charge in [0.1, 0.15) is 24.2 Å². The molecule has 0 fully saturated rings. The average molecular weight is 492 g/mol. The topological polar surface area (TPSA) is 114 Å². The Hall–Kier alpha value is -3.10. The molecule has 2 unspecified atom stereocenters. The van der Waals surface area contributed by atoms with Crippen molar-refractivity contribution >= 4 is 23.9 Å². The first kappa shape index (κ1) is 29.9. The van der Waals surface area contributed by atoms with Crippen LogP contribution < -0.4 is 10.6 Å². The van der Waals surface area contributed by atoms with Crippen LogP contribution in [0.25, 0.3) is 0 Å². The molecule has 0 aliphatic rings. The van der Waals surface area contributed by atoms with Gasteiger partial charge in [0.2, 0.25) is 11.8 Å². The van der Waals surface area contributed by atoms with Crippen molar-refractivity contribution in [2.45, 2.75) is 84.9 Å². The number of ether oxygens (including phenoxy) is 2. The smallest absolute Gasteiger partial charge is 0.408 e. The SMILES string of the molecule is CCCCCCN(C(=O)C(C)NC(=O)OC(C)(C)C)C(C(=O)NCC(=O)OC)c1ccccc1C. The van der Waals surface area contributed by atoms with E-state index in [1.165, 1.54) is 12.0 Å². The highest BCUT2D eigenvalue weighted by molar-refractivity contribution is 5.93. The van der Waals surface area contributed by atoms with Gasteiger partial charge in [-0.1, -0.05) is 50.5 Å². The molecule has 196 valence electrons. The number of benzene rings is 1. The van der Waals surface area contributed by atoms with Crippen LogP contribution in [0.15, 0.2) is 24.3 Å². The summed E-state index contributed by atoms with van der Waals surface area (Å²) in [6, 6.07) is 5.37. The molecule has 0 spiro atoms. The van der Waals surface area contributed by atoms with Gasteiger partial charge in [0.25, 0.3) is 0 Å². The number of hydrogen-bond donors (Lipinski definition) is 2. The highest BCUT2D eigenvalue weighted by atomic mass is 16.6. The monoisotopic (exact) mass is 491 g/mol. The standard InChI is InChI=1S/C26H41N3O6/c1-8-9-10-13-16-29(24(32)19(3)28-25(33)35-26(4,5)6)22(20-15-12-11-14-18(20)2)23(31)27-17-21(30)34-7/h11-12,14-15,19,22H,8-10,13,16-17H2,1-7H3,(H,27,31)(H,28,33). The number of carbonyl (C=O) groups excluding carboxylic acids is 4. The van der Waals surface area contributed by atoms with Crippen molar-refractivity contribution in [2.75, 3.05) is 20.2 Å². The predicted molar refractivity (Wildman–Crippen MR) is 134 cm³/mol. The van der Waals surface area contributed by atoms with Crippen LogP contribution in [0.4, 0.5) is 4.79 Å². The van der Waals surface area contributed by atoms with E-state index < -0.39 is 41.6 Å². The molecule has 1 aromatic rings. The Morgan fingerprint density at radius 3 is 2.29 bits per heavy atom. The van der Waals surface area contributed by atoms with E-state index in [1.807, 2.05) is 19.1 Å². The fourth-order valence-corrected chi connectivity index (χ4v) is 3.54. The summed E-state index contributed by atoms with van der Waals surface area (Å²) in [5.74, 6) is -1.52. The number of methoxy groups -OCH3 is 1. The first-order valence-corrected chi connectivity index (χ1v) is 12.1. The highest BCUT2D eigenvalue weighted by Gasteiger charge is 2.35. The second kappa shape index (κ2) is 14.3. The van der Waals surface area contributed by atoms with Crippen LogP contribution in [0.5, 0.6) is 0 Å². The zero-order chi connectivity index (χ0) is 26.6. The Bertz CT molecular complexity index is 865. The minimum Gasteiger partial charge on any atom is -0.468 e. The molecular weight excluding hydrogens is 450 g/mol. The highest BCUT2D eigenvalue weighted by Crippen LogP contribution is 2.26. The Kier molecular flexibility index (Phi) is 12.3. The number of esters is 1. The summed E-state index contributed by atoms with van der Waals surface area (Å²) in [7, 11) is 1.24. The zero-order valence-electron chi connectivity index (χ0n) is 22.1. The van der Waals surface area contributed by atoms with E-state index in [4.69, 9.17) is 4.74 Å². The van der Waals surface area contributed by atoms with Gasteiger partial charge in [-0.15, -0.1) is 0 Å². The number of nitrogens with zero attached hydrogens (tertiary/aromatic N) is 1. The van der Waals surface area contributed by atoms with Crippen molar-refractivity contribution in [3.8, 4) is 0 Å². The second-order valence-corrected chi connectivity index (χ2v) is 9.51. The molecule has 0 saturated heterocycles. The molecule has 0 bridgehead atoms. The summed E-state index contributed by atoms with van der Waals surface area (Å²) in [4.78, 5) is 52.4. The molecule has 0 saturated carbocycles. The van der Waals surface area contributed by atoms with Gasteiger partial charge in [0, 0.05) is 6.54 Å². The molecule has 2 N–H and O–H groups in total. The number of nitrogens with one attached hydrogen (secondary N) is 2. The summed E-state index contributed by atoms with van der Waals surface area (Å²) < 4.78 is 9.92. The number of alkyl carbamates (subject to hydrolysis) is 1. The van der Waals surface area contributed by atoms with E-state index in [2.05, 4.69) is 22.3 Å². The fraction of sp³-hybridized carbons (Fsp3) is 0.615. The molecule has 1 aromatic carbocycles. The number of aryl methyl sites for hydroxylation is 1. The quantitative estimate of drug-likeness (QED) is 0.341. The van der Waals surface area contributed by atoms with Crippen LogP contribution in [-0.4, -0.2) is 60.6 Å². The van der Waals surface area contributed by atoms with Gasteiger partial charge in [-0.25, -0.2) is 4.79 Å². The summed E-state index contributed by atoms with van der Waals surface area (Å²) in [5, 5.41) is 5.17. The maximum absolute atomic E-state index is 13.6. The molecule has 2 atom stereocenters. The van der Waals surface area contributed by atoms with Crippen molar-refractivity contribution in [1.82, 2.24) is 15.5 Å². The van der Waals surface area contributed by atoms with Crippen molar-refractivity contribution in [3.63, 3.8) is 0 Å².